The smallest absolute Gasteiger partial charge is 0.294 e. The van der Waals surface area contributed by atoms with Crippen LogP contribution in [-0.4, -0.2) is 89.5 Å². The zero-order chi connectivity index (χ0) is 22.7. The van der Waals surface area contributed by atoms with Crippen LogP contribution in [0.15, 0.2) is 30.3 Å². The SMILES string of the molecule is O=C(CNC(=O)C1CSCN1C(=O)c1ccccc1)N[C@H]1CO[C@H]2[C@@H]1OC[C@@H]2O[N+](=O)[O-]. The molecule has 5 atom stereocenters. The van der Waals surface area contributed by atoms with Crippen molar-refractivity contribution in [3.8, 4) is 0 Å². The Balaban J connectivity index is 1.26. The van der Waals surface area contributed by atoms with Crippen LogP contribution in [0.2, 0.25) is 0 Å². The van der Waals surface area contributed by atoms with Crippen molar-refractivity contribution < 1.29 is 33.8 Å². The van der Waals surface area contributed by atoms with Crippen molar-refractivity contribution in [2.24, 2.45) is 0 Å². The summed E-state index contributed by atoms with van der Waals surface area (Å²) in [6, 6.07) is 7.52. The number of carbonyl (C=O) groups is 3. The monoisotopic (exact) mass is 466 g/mol. The molecule has 3 aliphatic rings. The fraction of sp³-hybridized carbons (Fsp3) is 0.526. The lowest BCUT2D eigenvalue weighted by atomic mass is 10.1. The zero-order valence-electron chi connectivity index (χ0n) is 16.9. The molecule has 32 heavy (non-hydrogen) atoms. The summed E-state index contributed by atoms with van der Waals surface area (Å²) < 4.78 is 11.0. The van der Waals surface area contributed by atoms with Crippen LogP contribution in [-0.2, 0) is 23.9 Å². The summed E-state index contributed by atoms with van der Waals surface area (Å²) in [7, 11) is 0. The number of nitrogens with zero attached hydrogens (tertiary/aromatic N) is 2. The predicted octanol–water partition coefficient (Wildman–Crippen LogP) is -0.823. The highest BCUT2D eigenvalue weighted by atomic mass is 32.2. The minimum atomic E-state index is -0.895. The number of hydrogen-bond acceptors (Lipinski definition) is 9. The molecular weight excluding hydrogens is 444 g/mol. The maximum Gasteiger partial charge on any atom is 0.294 e. The summed E-state index contributed by atoms with van der Waals surface area (Å²) in [5.41, 5.74) is 0.497. The molecule has 3 fully saturated rings. The van der Waals surface area contributed by atoms with Gasteiger partial charge in [0.05, 0.1) is 31.7 Å². The summed E-state index contributed by atoms with van der Waals surface area (Å²) in [6.45, 7) is -0.175. The minimum absolute atomic E-state index is 0.00988. The Morgan fingerprint density at radius 2 is 1.94 bits per heavy atom. The van der Waals surface area contributed by atoms with Gasteiger partial charge in [0.1, 0.15) is 18.2 Å². The Bertz CT molecular complexity index is 887. The quantitative estimate of drug-likeness (QED) is 0.388. The molecular formula is C19H22N4O8S. The second-order valence-corrected chi connectivity index (χ2v) is 8.51. The number of amides is 3. The van der Waals surface area contributed by atoms with Gasteiger partial charge in [-0.05, 0) is 12.1 Å². The van der Waals surface area contributed by atoms with E-state index in [1.165, 1.54) is 16.7 Å². The first kappa shape index (κ1) is 22.3. The van der Waals surface area contributed by atoms with Gasteiger partial charge >= 0.3 is 0 Å². The summed E-state index contributed by atoms with van der Waals surface area (Å²) in [4.78, 5) is 54.3. The van der Waals surface area contributed by atoms with E-state index in [2.05, 4.69) is 15.5 Å². The first-order valence-corrected chi connectivity index (χ1v) is 11.1. The van der Waals surface area contributed by atoms with E-state index in [0.29, 0.717) is 17.2 Å². The average molecular weight is 466 g/mol. The minimum Gasteiger partial charge on any atom is -0.371 e. The van der Waals surface area contributed by atoms with Crippen molar-refractivity contribution in [1.82, 2.24) is 15.5 Å². The second kappa shape index (κ2) is 9.71. The van der Waals surface area contributed by atoms with Gasteiger partial charge in [-0.3, -0.25) is 14.4 Å². The molecule has 0 aromatic heterocycles. The fourth-order valence-electron chi connectivity index (χ4n) is 3.94. The molecule has 1 unspecified atom stereocenters. The van der Waals surface area contributed by atoms with E-state index in [1.54, 1.807) is 24.3 Å². The van der Waals surface area contributed by atoms with E-state index in [4.69, 9.17) is 9.47 Å². The molecule has 3 aliphatic heterocycles. The van der Waals surface area contributed by atoms with Crippen LogP contribution >= 0.6 is 11.8 Å². The van der Waals surface area contributed by atoms with Gasteiger partial charge in [-0.25, -0.2) is 0 Å². The molecule has 0 saturated carbocycles. The largest absolute Gasteiger partial charge is 0.371 e. The number of benzene rings is 1. The maximum absolute atomic E-state index is 12.7. The van der Waals surface area contributed by atoms with Crippen LogP contribution < -0.4 is 10.6 Å². The van der Waals surface area contributed by atoms with Crippen LogP contribution in [0.1, 0.15) is 10.4 Å². The predicted molar refractivity (Wildman–Crippen MR) is 110 cm³/mol. The number of ether oxygens (including phenoxy) is 2. The third-order valence-corrected chi connectivity index (χ3v) is 6.48. The summed E-state index contributed by atoms with van der Waals surface area (Å²) in [5.74, 6) is -0.268. The van der Waals surface area contributed by atoms with Crippen molar-refractivity contribution in [2.75, 3.05) is 31.4 Å². The molecule has 1 aromatic rings. The molecule has 3 saturated heterocycles. The first-order chi connectivity index (χ1) is 15.4. The molecule has 0 spiro atoms. The molecule has 13 heteroatoms. The van der Waals surface area contributed by atoms with Gasteiger partial charge in [0.25, 0.3) is 11.0 Å². The van der Waals surface area contributed by atoms with Crippen molar-refractivity contribution in [1.29, 1.82) is 0 Å². The van der Waals surface area contributed by atoms with Crippen molar-refractivity contribution in [3.63, 3.8) is 0 Å². The summed E-state index contributed by atoms with van der Waals surface area (Å²) >= 11 is 1.47. The van der Waals surface area contributed by atoms with Gasteiger partial charge in [-0.1, -0.05) is 18.2 Å². The highest BCUT2D eigenvalue weighted by Gasteiger charge is 2.49. The third-order valence-electron chi connectivity index (χ3n) is 5.47. The van der Waals surface area contributed by atoms with Crippen LogP contribution in [0.3, 0.4) is 0 Å². The van der Waals surface area contributed by atoms with Crippen LogP contribution in [0.25, 0.3) is 0 Å². The number of thioether (sulfide) groups is 1. The highest BCUT2D eigenvalue weighted by Crippen LogP contribution is 2.29. The fourth-order valence-corrected chi connectivity index (χ4v) is 5.09. The lowest BCUT2D eigenvalue weighted by Crippen LogP contribution is -2.51. The molecule has 3 heterocycles. The third kappa shape index (κ3) is 4.79. The van der Waals surface area contributed by atoms with Gasteiger partial charge in [0.15, 0.2) is 6.10 Å². The summed E-state index contributed by atoms with van der Waals surface area (Å²) in [5, 5.41) is 14.9. The van der Waals surface area contributed by atoms with E-state index in [9.17, 15) is 24.5 Å². The molecule has 3 amide bonds. The van der Waals surface area contributed by atoms with Crippen LogP contribution in [0, 0.1) is 10.1 Å². The van der Waals surface area contributed by atoms with E-state index in [0.717, 1.165) is 0 Å². The highest BCUT2D eigenvalue weighted by molar-refractivity contribution is 7.99. The van der Waals surface area contributed by atoms with Gasteiger partial charge in [-0.15, -0.1) is 21.9 Å². The van der Waals surface area contributed by atoms with E-state index in [1.807, 2.05) is 6.07 Å². The Morgan fingerprint density at radius 1 is 1.19 bits per heavy atom. The summed E-state index contributed by atoms with van der Waals surface area (Å²) in [6.07, 6.45) is -2.05. The first-order valence-electron chi connectivity index (χ1n) is 9.99. The average Bonchev–Trinajstić information content (AvgIpc) is 3.51. The van der Waals surface area contributed by atoms with Crippen LogP contribution in [0.5, 0.6) is 0 Å². The Hall–Kier alpha value is -2.90. The normalized spacial score (nSPS) is 28.8. The standard InChI is InChI=1S/C19H22N4O8S/c24-15(21-12-7-29-17-14(31-23(27)28)8-30-16(12)17)6-20-18(25)13-9-32-10-22(13)19(26)11-4-2-1-3-5-11/h1-5,12-14,16-17H,6-10H2,(H,20,25)(H,21,24)/t12-,13?,14-,16+,17+/m0/s1. The van der Waals surface area contributed by atoms with Crippen molar-refractivity contribution in [2.45, 2.75) is 30.4 Å². The van der Waals surface area contributed by atoms with Crippen molar-refractivity contribution in [3.05, 3.63) is 46.0 Å². The lowest BCUT2D eigenvalue weighted by molar-refractivity contribution is -0.769. The van der Waals surface area contributed by atoms with E-state index >= 15 is 0 Å². The Kier molecular flexibility index (Phi) is 6.77. The van der Waals surface area contributed by atoms with Gasteiger partial charge in [-0.2, -0.15) is 0 Å². The van der Waals surface area contributed by atoms with E-state index < -0.39 is 47.3 Å². The molecule has 2 N–H and O–H groups in total. The molecule has 172 valence electrons. The maximum atomic E-state index is 12.7. The zero-order valence-corrected chi connectivity index (χ0v) is 17.7. The molecule has 0 radical (unpaired) electrons. The topological polar surface area (TPSA) is 149 Å². The molecule has 0 bridgehead atoms. The molecule has 0 aliphatic carbocycles. The number of carbonyl (C=O) groups excluding carboxylic acids is 3. The number of fused-ring (bicyclic) bond motifs is 1. The Labute approximate surface area is 187 Å². The number of nitrogens with one attached hydrogen (secondary N) is 2. The lowest BCUT2D eigenvalue weighted by Gasteiger charge is -2.23. The molecule has 1 aromatic carbocycles. The van der Waals surface area contributed by atoms with Crippen LogP contribution in [0.4, 0.5) is 0 Å². The molecule has 12 nitrogen and oxygen atoms in total. The van der Waals surface area contributed by atoms with Gasteiger partial charge < -0.3 is 29.8 Å². The van der Waals surface area contributed by atoms with Gasteiger partial charge in [0, 0.05) is 11.3 Å². The van der Waals surface area contributed by atoms with Gasteiger partial charge in [0.2, 0.25) is 11.8 Å². The second-order valence-electron chi connectivity index (χ2n) is 7.51. The Morgan fingerprint density at radius 3 is 2.69 bits per heavy atom. The van der Waals surface area contributed by atoms with E-state index in [-0.39, 0.29) is 25.7 Å². The number of hydrogen-bond donors (Lipinski definition) is 2. The van der Waals surface area contributed by atoms with Crippen molar-refractivity contribution >= 4 is 29.5 Å². The number of rotatable bonds is 7. The molecule has 4 rings (SSSR count).